The van der Waals surface area contributed by atoms with Crippen LogP contribution in [0.3, 0.4) is 0 Å². The summed E-state index contributed by atoms with van der Waals surface area (Å²) in [6.45, 7) is 0.376. The molecule has 1 aliphatic rings. The average molecular weight is 527 g/mol. The van der Waals surface area contributed by atoms with Gasteiger partial charge in [0.15, 0.2) is 11.6 Å². The number of nitrogens with one attached hydrogen (secondary N) is 2. The van der Waals surface area contributed by atoms with Crippen molar-refractivity contribution in [3.63, 3.8) is 0 Å². The summed E-state index contributed by atoms with van der Waals surface area (Å²) in [5.74, 6) is -1.72. The molecule has 2 aromatic heterocycles. The molecule has 0 unspecified atom stereocenters. The normalized spacial score (nSPS) is 18.2. The Bertz CT molecular complexity index is 1480. The number of fused-ring (bicyclic) bond motifs is 1. The first kappa shape index (κ1) is 25.5. The Hall–Kier alpha value is -4.19. The molecule has 5 rings (SSSR count). The molecule has 1 saturated heterocycles. The van der Waals surface area contributed by atoms with Crippen molar-refractivity contribution in [1.82, 2.24) is 25.1 Å². The molecule has 198 valence electrons. The van der Waals surface area contributed by atoms with E-state index in [1.165, 1.54) is 31.5 Å². The number of benzene rings is 2. The van der Waals surface area contributed by atoms with E-state index in [4.69, 9.17) is 9.47 Å². The van der Waals surface area contributed by atoms with E-state index in [1.807, 2.05) is 0 Å². The monoisotopic (exact) mass is 526 g/mol. The van der Waals surface area contributed by atoms with Crippen molar-refractivity contribution in [1.29, 1.82) is 0 Å². The summed E-state index contributed by atoms with van der Waals surface area (Å²) in [5, 5.41) is 10.0. The number of hydrogen-bond acceptors (Lipinski definition) is 7. The van der Waals surface area contributed by atoms with E-state index in [0.717, 1.165) is 6.07 Å². The second kappa shape index (κ2) is 10.7. The number of nitrogens with zero attached hydrogens (tertiary/aromatic N) is 4. The second-order valence-corrected chi connectivity index (χ2v) is 8.96. The van der Waals surface area contributed by atoms with Crippen LogP contribution < -0.4 is 15.4 Å². The van der Waals surface area contributed by atoms with E-state index >= 15 is 0 Å². The fraction of sp³-hybridized carbons (Fsp3) is 0.308. The van der Waals surface area contributed by atoms with E-state index in [1.54, 1.807) is 30.2 Å². The van der Waals surface area contributed by atoms with Crippen molar-refractivity contribution in [2.75, 3.05) is 25.6 Å². The number of rotatable bonds is 7. The Morgan fingerprint density at radius 1 is 1.18 bits per heavy atom. The summed E-state index contributed by atoms with van der Waals surface area (Å²) in [4.78, 5) is 21.7. The lowest BCUT2D eigenvalue weighted by molar-refractivity contribution is 0.0284. The van der Waals surface area contributed by atoms with Gasteiger partial charge in [0.25, 0.3) is 5.91 Å². The number of alkyl halides is 1. The number of anilines is 1. The highest BCUT2D eigenvalue weighted by atomic mass is 19.1. The molecule has 0 radical (unpaired) electrons. The van der Waals surface area contributed by atoms with E-state index < -0.39 is 35.8 Å². The van der Waals surface area contributed by atoms with Crippen molar-refractivity contribution < 1.29 is 27.4 Å². The van der Waals surface area contributed by atoms with Gasteiger partial charge in [0.2, 0.25) is 5.95 Å². The maximum atomic E-state index is 14.9. The second-order valence-electron chi connectivity index (χ2n) is 8.96. The third-order valence-corrected chi connectivity index (χ3v) is 6.36. The van der Waals surface area contributed by atoms with Crippen LogP contribution in [0.2, 0.25) is 0 Å². The zero-order valence-corrected chi connectivity index (χ0v) is 20.6. The Balaban J connectivity index is 1.44. The number of halogens is 3. The van der Waals surface area contributed by atoms with Gasteiger partial charge in [-0.15, -0.1) is 0 Å². The molecule has 0 saturated carbocycles. The van der Waals surface area contributed by atoms with E-state index in [-0.39, 0.29) is 34.8 Å². The summed E-state index contributed by atoms with van der Waals surface area (Å²) in [6, 6.07) is 5.53. The number of methoxy groups -OCH3 is 1. The summed E-state index contributed by atoms with van der Waals surface area (Å²) < 4.78 is 55.3. The fourth-order valence-corrected chi connectivity index (χ4v) is 4.35. The van der Waals surface area contributed by atoms with Crippen molar-refractivity contribution in [2.24, 2.45) is 7.05 Å². The standard InChI is InChI=1S/C26H25F3N6O3/c1-35-12-16(10-31-35)24(14-3-4-23(37-2)19(28)7-14)34-25(36)15-8-18(27)17-11-30-26(33-22(17)9-15)32-21-5-6-38-13-20(21)29/h3-4,7-12,20-21,24H,5-6,13H2,1-2H3,(H,34,36)(H,30,32,33)/t20-,21+,24-/m0/s1. The molecular formula is C26H25F3N6O3. The molecule has 4 aromatic rings. The van der Waals surface area contributed by atoms with Gasteiger partial charge in [-0.2, -0.15) is 5.10 Å². The fourth-order valence-electron chi connectivity index (χ4n) is 4.35. The van der Waals surface area contributed by atoms with Crippen molar-refractivity contribution in [3.05, 3.63) is 77.2 Å². The smallest absolute Gasteiger partial charge is 0.252 e. The number of hydrogen-bond donors (Lipinski definition) is 2. The van der Waals surface area contributed by atoms with Gasteiger partial charge in [0.05, 0.1) is 42.9 Å². The van der Waals surface area contributed by atoms with E-state index in [9.17, 15) is 18.0 Å². The van der Waals surface area contributed by atoms with Gasteiger partial charge < -0.3 is 20.1 Å². The van der Waals surface area contributed by atoms with Crippen LogP contribution in [0, 0.1) is 11.6 Å². The quantitative estimate of drug-likeness (QED) is 0.379. The Labute approximate surface area is 216 Å². The molecule has 38 heavy (non-hydrogen) atoms. The molecule has 2 N–H and O–H groups in total. The van der Waals surface area contributed by atoms with Crippen LogP contribution in [-0.2, 0) is 11.8 Å². The molecule has 12 heteroatoms. The van der Waals surface area contributed by atoms with Gasteiger partial charge in [0, 0.05) is 37.2 Å². The lowest BCUT2D eigenvalue weighted by Crippen LogP contribution is -2.39. The van der Waals surface area contributed by atoms with Crippen LogP contribution in [0.15, 0.2) is 48.9 Å². The van der Waals surface area contributed by atoms with Gasteiger partial charge in [-0.3, -0.25) is 9.48 Å². The summed E-state index contributed by atoms with van der Waals surface area (Å²) >= 11 is 0. The summed E-state index contributed by atoms with van der Waals surface area (Å²) in [5.41, 5.74) is 1.20. The topological polar surface area (TPSA) is 103 Å². The van der Waals surface area contributed by atoms with Crippen molar-refractivity contribution in [2.45, 2.75) is 24.7 Å². The van der Waals surface area contributed by atoms with Crippen LogP contribution in [0.25, 0.3) is 10.9 Å². The maximum Gasteiger partial charge on any atom is 0.252 e. The van der Waals surface area contributed by atoms with Crippen LogP contribution in [0.4, 0.5) is 19.1 Å². The van der Waals surface area contributed by atoms with Gasteiger partial charge in [-0.1, -0.05) is 6.07 Å². The van der Waals surface area contributed by atoms with Crippen LogP contribution in [0.1, 0.15) is 33.9 Å². The molecule has 1 fully saturated rings. The first-order valence-corrected chi connectivity index (χ1v) is 11.9. The largest absolute Gasteiger partial charge is 0.494 e. The highest BCUT2D eigenvalue weighted by molar-refractivity contribution is 5.98. The molecule has 0 spiro atoms. The van der Waals surface area contributed by atoms with Gasteiger partial charge in [-0.25, -0.2) is 23.1 Å². The first-order chi connectivity index (χ1) is 18.3. The zero-order valence-electron chi connectivity index (χ0n) is 20.6. The number of carbonyl (C=O) groups is 1. The third kappa shape index (κ3) is 5.25. The molecule has 3 atom stereocenters. The average Bonchev–Trinajstić information content (AvgIpc) is 3.34. The number of aromatic nitrogens is 4. The third-order valence-electron chi connectivity index (χ3n) is 6.36. The van der Waals surface area contributed by atoms with Gasteiger partial charge in [0.1, 0.15) is 12.0 Å². The molecule has 9 nitrogen and oxygen atoms in total. The number of carbonyl (C=O) groups excluding carboxylic acids is 1. The predicted molar refractivity (Wildman–Crippen MR) is 133 cm³/mol. The van der Waals surface area contributed by atoms with Crippen LogP contribution in [-0.4, -0.2) is 58.2 Å². The Kier molecular flexibility index (Phi) is 7.14. The van der Waals surface area contributed by atoms with Crippen LogP contribution in [0.5, 0.6) is 5.75 Å². The number of aryl methyl sites for hydroxylation is 1. The summed E-state index contributed by atoms with van der Waals surface area (Å²) in [7, 11) is 3.07. The highest BCUT2D eigenvalue weighted by Gasteiger charge is 2.26. The van der Waals surface area contributed by atoms with Gasteiger partial charge in [-0.05, 0) is 36.2 Å². The number of ether oxygens (including phenoxy) is 2. The SMILES string of the molecule is COc1ccc([C@H](NC(=O)c2cc(F)c3cnc(N[C@@H]4CCOC[C@@H]4F)nc3c2)c2cnn(C)c2)cc1F. The molecule has 1 amide bonds. The molecule has 0 aliphatic carbocycles. The minimum Gasteiger partial charge on any atom is -0.494 e. The number of amides is 1. The molecule has 3 heterocycles. The Morgan fingerprint density at radius 3 is 2.74 bits per heavy atom. The lowest BCUT2D eigenvalue weighted by Gasteiger charge is -2.26. The molecular weight excluding hydrogens is 501 g/mol. The van der Waals surface area contributed by atoms with Crippen molar-refractivity contribution >= 4 is 22.8 Å². The highest BCUT2D eigenvalue weighted by Crippen LogP contribution is 2.28. The first-order valence-electron chi connectivity index (χ1n) is 11.9. The molecule has 2 aromatic carbocycles. The minimum atomic E-state index is -1.23. The minimum absolute atomic E-state index is 0.00282. The van der Waals surface area contributed by atoms with Gasteiger partial charge >= 0.3 is 0 Å². The zero-order chi connectivity index (χ0) is 26.8. The lowest BCUT2D eigenvalue weighted by atomic mass is 10.0. The predicted octanol–water partition coefficient (Wildman–Crippen LogP) is 3.71. The van der Waals surface area contributed by atoms with E-state index in [0.29, 0.717) is 24.2 Å². The van der Waals surface area contributed by atoms with Crippen molar-refractivity contribution in [3.8, 4) is 5.75 Å². The van der Waals surface area contributed by atoms with Crippen LogP contribution >= 0.6 is 0 Å². The van der Waals surface area contributed by atoms with E-state index in [2.05, 4.69) is 25.7 Å². The summed E-state index contributed by atoms with van der Waals surface area (Å²) in [6.07, 6.45) is 3.72. The molecule has 1 aliphatic heterocycles. The Morgan fingerprint density at radius 2 is 2.03 bits per heavy atom. The molecule has 0 bridgehead atoms. The maximum absolute atomic E-state index is 14.9.